The van der Waals surface area contributed by atoms with Gasteiger partial charge in [-0.05, 0) is 49.4 Å². The highest BCUT2D eigenvalue weighted by molar-refractivity contribution is 5.74. The molecule has 1 aromatic heterocycles. The van der Waals surface area contributed by atoms with Crippen molar-refractivity contribution in [2.75, 3.05) is 13.6 Å². The highest BCUT2D eigenvalue weighted by Gasteiger charge is 2.45. The number of urea groups is 1. The molecule has 1 N–H and O–H groups in total. The molecule has 2 aromatic rings. The van der Waals surface area contributed by atoms with Crippen LogP contribution in [0.1, 0.15) is 42.5 Å². The van der Waals surface area contributed by atoms with Crippen molar-refractivity contribution >= 4 is 6.03 Å². The number of benzene rings is 1. The molecule has 3 rings (SSSR count). The van der Waals surface area contributed by atoms with Crippen LogP contribution in [0.3, 0.4) is 0 Å². The summed E-state index contributed by atoms with van der Waals surface area (Å²) in [6, 6.07) is 12.3. The van der Waals surface area contributed by atoms with Crippen molar-refractivity contribution in [2.24, 2.45) is 0 Å². The van der Waals surface area contributed by atoms with Crippen molar-refractivity contribution in [2.45, 2.75) is 38.1 Å². The van der Waals surface area contributed by atoms with Gasteiger partial charge in [-0.15, -0.1) is 0 Å². The standard InChI is InChI=1S/C20H25N3O/c1-15-7-4-5-9-18(15)20(10-11-20)14-22-19(24)23(3)16(2)17-8-6-12-21-13-17/h4-9,12-13,16H,10-11,14H2,1-3H3,(H,22,24). The van der Waals surface area contributed by atoms with E-state index >= 15 is 0 Å². The Labute approximate surface area is 143 Å². The zero-order valence-corrected chi connectivity index (χ0v) is 14.6. The first-order chi connectivity index (χ1) is 11.5. The first kappa shape index (κ1) is 16.5. The number of carbonyl (C=O) groups excluding carboxylic acids is 1. The van der Waals surface area contributed by atoms with Gasteiger partial charge >= 0.3 is 6.03 Å². The minimum Gasteiger partial charge on any atom is -0.337 e. The normalized spacial score (nSPS) is 16.3. The number of amides is 2. The van der Waals surface area contributed by atoms with Crippen molar-refractivity contribution < 1.29 is 4.79 Å². The smallest absolute Gasteiger partial charge is 0.317 e. The molecule has 0 bridgehead atoms. The number of hydrogen-bond donors (Lipinski definition) is 1. The summed E-state index contributed by atoms with van der Waals surface area (Å²) in [5.41, 5.74) is 3.84. The van der Waals surface area contributed by atoms with Gasteiger partial charge < -0.3 is 10.2 Å². The van der Waals surface area contributed by atoms with E-state index in [1.54, 1.807) is 11.1 Å². The number of pyridine rings is 1. The third-order valence-electron chi connectivity index (χ3n) is 5.22. The number of hydrogen-bond acceptors (Lipinski definition) is 2. The number of nitrogens with zero attached hydrogens (tertiary/aromatic N) is 2. The monoisotopic (exact) mass is 323 g/mol. The van der Waals surface area contributed by atoms with Gasteiger partial charge in [-0.3, -0.25) is 4.98 Å². The van der Waals surface area contributed by atoms with Crippen LogP contribution in [0.5, 0.6) is 0 Å². The SMILES string of the molecule is Cc1ccccc1C1(CNC(=O)N(C)C(C)c2cccnc2)CC1. The topological polar surface area (TPSA) is 45.2 Å². The van der Waals surface area contributed by atoms with E-state index in [9.17, 15) is 4.79 Å². The fourth-order valence-corrected chi connectivity index (χ4v) is 3.25. The van der Waals surface area contributed by atoms with Crippen LogP contribution in [0.2, 0.25) is 0 Å². The maximum atomic E-state index is 12.5. The first-order valence-corrected chi connectivity index (χ1v) is 8.50. The van der Waals surface area contributed by atoms with E-state index in [0.717, 1.165) is 18.4 Å². The predicted octanol–water partition coefficient (Wildman–Crippen LogP) is 3.82. The summed E-state index contributed by atoms with van der Waals surface area (Å²) < 4.78 is 0. The average molecular weight is 323 g/mol. The summed E-state index contributed by atoms with van der Waals surface area (Å²) >= 11 is 0. The highest BCUT2D eigenvalue weighted by atomic mass is 16.2. The lowest BCUT2D eigenvalue weighted by Crippen LogP contribution is -2.42. The quantitative estimate of drug-likeness (QED) is 0.909. The molecule has 0 radical (unpaired) electrons. The average Bonchev–Trinajstić information content (AvgIpc) is 3.40. The molecule has 1 aliphatic carbocycles. The Morgan fingerprint density at radius 1 is 1.29 bits per heavy atom. The van der Waals surface area contributed by atoms with E-state index in [1.807, 2.05) is 32.3 Å². The second-order valence-electron chi connectivity index (χ2n) is 6.83. The number of aromatic nitrogens is 1. The highest BCUT2D eigenvalue weighted by Crippen LogP contribution is 2.48. The van der Waals surface area contributed by atoms with Gasteiger partial charge in [0.25, 0.3) is 0 Å². The molecule has 1 saturated carbocycles. The fourth-order valence-electron chi connectivity index (χ4n) is 3.25. The van der Waals surface area contributed by atoms with Crippen LogP contribution in [0.25, 0.3) is 0 Å². The van der Waals surface area contributed by atoms with Gasteiger partial charge in [0, 0.05) is 31.4 Å². The van der Waals surface area contributed by atoms with Gasteiger partial charge in [0.2, 0.25) is 0 Å². The zero-order valence-electron chi connectivity index (χ0n) is 14.6. The Kier molecular flexibility index (Phi) is 4.56. The minimum atomic E-state index is -0.0359. The third kappa shape index (κ3) is 3.28. The summed E-state index contributed by atoms with van der Waals surface area (Å²) in [7, 11) is 1.83. The van der Waals surface area contributed by atoms with Crippen LogP contribution >= 0.6 is 0 Å². The molecular weight excluding hydrogens is 298 g/mol. The molecule has 4 nitrogen and oxygen atoms in total. The summed E-state index contributed by atoms with van der Waals surface area (Å²) in [4.78, 5) is 18.4. The maximum absolute atomic E-state index is 12.5. The second kappa shape index (κ2) is 6.63. The van der Waals surface area contributed by atoms with E-state index in [-0.39, 0.29) is 17.5 Å². The van der Waals surface area contributed by atoms with Crippen molar-refractivity contribution in [3.8, 4) is 0 Å². The Morgan fingerprint density at radius 3 is 2.67 bits per heavy atom. The maximum Gasteiger partial charge on any atom is 0.317 e. The van der Waals surface area contributed by atoms with Gasteiger partial charge in [-0.2, -0.15) is 0 Å². The molecule has 1 heterocycles. The number of carbonyl (C=O) groups is 1. The summed E-state index contributed by atoms with van der Waals surface area (Å²) in [5, 5.41) is 3.13. The Morgan fingerprint density at radius 2 is 2.04 bits per heavy atom. The molecular formula is C20H25N3O. The largest absolute Gasteiger partial charge is 0.337 e. The molecule has 1 atom stereocenters. The third-order valence-corrected chi connectivity index (χ3v) is 5.22. The minimum absolute atomic E-state index is 0.00712. The first-order valence-electron chi connectivity index (χ1n) is 8.50. The lowest BCUT2D eigenvalue weighted by molar-refractivity contribution is 0.193. The molecule has 1 fully saturated rings. The number of aryl methyl sites for hydroxylation is 1. The molecule has 126 valence electrons. The van der Waals surface area contributed by atoms with Gasteiger partial charge in [0.05, 0.1) is 6.04 Å². The Balaban J connectivity index is 1.62. The molecule has 1 aromatic carbocycles. The van der Waals surface area contributed by atoms with E-state index in [2.05, 4.69) is 41.5 Å². The van der Waals surface area contributed by atoms with Crippen LogP contribution in [0.15, 0.2) is 48.8 Å². The van der Waals surface area contributed by atoms with E-state index in [4.69, 9.17) is 0 Å². The summed E-state index contributed by atoms with van der Waals surface area (Å²) in [5.74, 6) is 0. The zero-order chi connectivity index (χ0) is 17.2. The molecule has 0 saturated heterocycles. The molecule has 4 heteroatoms. The second-order valence-corrected chi connectivity index (χ2v) is 6.83. The van der Waals surface area contributed by atoms with E-state index in [1.165, 1.54) is 11.1 Å². The molecule has 0 spiro atoms. The van der Waals surface area contributed by atoms with Crippen LogP contribution in [-0.2, 0) is 5.41 Å². The number of nitrogens with one attached hydrogen (secondary N) is 1. The van der Waals surface area contributed by atoms with Crippen molar-refractivity contribution in [3.05, 3.63) is 65.5 Å². The molecule has 1 unspecified atom stereocenters. The fraction of sp³-hybridized carbons (Fsp3) is 0.400. The van der Waals surface area contributed by atoms with Crippen molar-refractivity contribution in [1.82, 2.24) is 15.2 Å². The van der Waals surface area contributed by atoms with Gasteiger partial charge in [-0.25, -0.2) is 4.79 Å². The van der Waals surface area contributed by atoms with Gasteiger partial charge in [0.1, 0.15) is 0 Å². The van der Waals surface area contributed by atoms with Crippen LogP contribution in [0.4, 0.5) is 4.79 Å². The van der Waals surface area contributed by atoms with Gasteiger partial charge in [0.15, 0.2) is 0 Å². The summed E-state index contributed by atoms with van der Waals surface area (Å²) in [6.07, 6.45) is 5.83. The molecule has 2 amide bonds. The van der Waals surface area contributed by atoms with E-state index in [0.29, 0.717) is 6.54 Å². The summed E-state index contributed by atoms with van der Waals surface area (Å²) in [6.45, 7) is 4.86. The van der Waals surface area contributed by atoms with Crippen LogP contribution in [-0.4, -0.2) is 29.5 Å². The van der Waals surface area contributed by atoms with Crippen molar-refractivity contribution in [1.29, 1.82) is 0 Å². The molecule has 0 aliphatic heterocycles. The van der Waals surface area contributed by atoms with E-state index < -0.39 is 0 Å². The lowest BCUT2D eigenvalue weighted by atomic mass is 9.92. The Bertz CT molecular complexity index is 710. The molecule has 1 aliphatic rings. The lowest BCUT2D eigenvalue weighted by Gasteiger charge is -2.27. The van der Waals surface area contributed by atoms with Crippen molar-refractivity contribution in [3.63, 3.8) is 0 Å². The predicted molar refractivity (Wildman–Crippen MR) is 95.9 cm³/mol. The van der Waals surface area contributed by atoms with Crippen LogP contribution < -0.4 is 5.32 Å². The Hall–Kier alpha value is -2.36. The van der Waals surface area contributed by atoms with Gasteiger partial charge in [-0.1, -0.05) is 30.3 Å². The number of rotatable bonds is 5. The molecule has 24 heavy (non-hydrogen) atoms. The van der Waals surface area contributed by atoms with Crippen LogP contribution in [0, 0.1) is 6.92 Å².